The zero-order chi connectivity index (χ0) is 13.9. The maximum absolute atomic E-state index is 11.9. The molecule has 2 rings (SSSR count). The number of benzene rings is 1. The predicted molar refractivity (Wildman–Crippen MR) is 82.0 cm³/mol. The second-order valence-electron chi connectivity index (χ2n) is 4.80. The maximum atomic E-state index is 11.9. The van der Waals surface area contributed by atoms with Gasteiger partial charge < -0.3 is 0 Å². The zero-order valence-electron chi connectivity index (χ0n) is 11.5. The molecule has 1 aromatic carbocycles. The minimum atomic E-state index is -3.04. The highest BCUT2D eigenvalue weighted by Crippen LogP contribution is 2.36. The molecule has 0 radical (unpaired) electrons. The third-order valence-electron chi connectivity index (χ3n) is 3.59. The molecule has 5 heteroatoms. The van der Waals surface area contributed by atoms with Crippen molar-refractivity contribution in [3.63, 3.8) is 0 Å². The van der Waals surface area contributed by atoms with Crippen LogP contribution in [0.15, 0.2) is 24.3 Å². The number of aryl methyl sites for hydroxylation is 1. The molecule has 1 aromatic rings. The van der Waals surface area contributed by atoms with Crippen LogP contribution in [0.1, 0.15) is 29.7 Å². The van der Waals surface area contributed by atoms with Crippen molar-refractivity contribution in [2.75, 3.05) is 24.6 Å². The molecule has 1 aliphatic heterocycles. The molecule has 19 heavy (non-hydrogen) atoms. The van der Waals surface area contributed by atoms with E-state index in [2.05, 4.69) is 25.1 Å². The summed E-state index contributed by atoms with van der Waals surface area (Å²) in [7, 11) is -3.04. The van der Waals surface area contributed by atoms with Gasteiger partial charge in [-0.25, -0.2) is 12.7 Å². The normalized spacial score (nSPS) is 22.1. The molecule has 0 unspecified atom stereocenters. The molecule has 0 N–H and O–H groups in total. The summed E-state index contributed by atoms with van der Waals surface area (Å²) in [6.45, 7) is 5.12. The Morgan fingerprint density at radius 2 is 2.05 bits per heavy atom. The van der Waals surface area contributed by atoms with Crippen LogP contribution < -0.4 is 0 Å². The Hall–Kier alpha value is -0.520. The van der Waals surface area contributed by atoms with Crippen molar-refractivity contribution < 1.29 is 8.42 Å². The lowest BCUT2D eigenvalue weighted by atomic mass is 10.0. The molecule has 1 heterocycles. The largest absolute Gasteiger partial charge is 0.213 e. The van der Waals surface area contributed by atoms with Crippen LogP contribution in [-0.4, -0.2) is 37.3 Å². The smallest absolute Gasteiger partial charge is 0.212 e. The topological polar surface area (TPSA) is 37.4 Å². The molecular weight excluding hydrogens is 278 g/mol. The van der Waals surface area contributed by atoms with Crippen LogP contribution in [0.2, 0.25) is 0 Å². The summed E-state index contributed by atoms with van der Waals surface area (Å²) in [6, 6.07) is 8.40. The van der Waals surface area contributed by atoms with Gasteiger partial charge in [0, 0.05) is 24.1 Å². The van der Waals surface area contributed by atoms with Gasteiger partial charge in [0.15, 0.2) is 0 Å². The Morgan fingerprint density at radius 1 is 1.32 bits per heavy atom. The Balaban J connectivity index is 2.11. The first kappa shape index (κ1) is 14.9. The molecule has 1 fully saturated rings. The standard InChI is InChI=1S/C14H21NO2S2/c1-3-19(16,17)15-9-8-14(18-11-10-15)13-7-5-4-6-12(13)2/h4-7,14H,3,8-11H2,1-2H3/t14-/m1/s1. The molecule has 0 saturated carbocycles. The first-order chi connectivity index (χ1) is 9.04. The van der Waals surface area contributed by atoms with Crippen molar-refractivity contribution in [2.24, 2.45) is 0 Å². The molecule has 3 nitrogen and oxygen atoms in total. The Morgan fingerprint density at radius 3 is 2.74 bits per heavy atom. The first-order valence-electron chi connectivity index (χ1n) is 6.69. The SMILES string of the molecule is CCS(=O)(=O)N1CCS[C@@H](c2ccccc2C)CC1. The maximum Gasteiger partial charge on any atom is 0.213 e. The second kappa shape index (κ2) is 6.29. The summed E-state index contributed by atoms with van der Waals surface area (Å²) in [6.07, 6.45) is 0.898. The fourth-order valence-electron chi connectivity index (χ4n) is 2.41. The molecule has 0 bridgehead atoms. The van der Waals surface area contributed by atoms with Crippen molar-refractivity contribution in [2.45, 2.75) is 25.5 Å². The third kappa shape index (κ3) is 3.52. The number of nitrogens with zero attached hydrogens (tertiary/aromatic N) is 1. The van der Waals surface area contributed by atoms with E-state index < -0.39 is 10.0 Å². The zero-order valence-corrected chi connectivity index (χ0v) is 13.1. The van der Waals surface area contributed by atoms with E-state index in [4.69, 9.17) is 0 Å². The fourth-order valence-corrected chi connectivity index (χ4v) is 4.97. The van der Waals surface area contributed by atoms with Crippen molar-refractivity contribution >= 4 is 21.8 Å². The third-order valence-corrected chi connectivity index (χ3v) is 6.79. The summed E-state index contributed by atoms with van der Waals surface area (Å²) >= 11 is 1.88. The van der Waals surface area contributed by atoms with E-state index in [1.54, 1.807) is 11.2 Å². The van der Waals surface area contributed by atoms with Crippen molar-refractivity contribution in [3.05, 3.63) is 35.4 Å². The van der Waals surface area contributed by atoms with E-state index in [1.807, 2.05) is 17.8 Å². The molecule has 0 spiro atoms. The highest BCUT2D eigenvalue weighted by atomic mass is 32.2. The summed E-state index contributed by atoms with van der Waals surface area (Å²) in [5.41, 5.74) is 2.65. The minimum absolute atomic E-state index is 0.201. The van der Waals surface area contributed by atoms with Crippen molar-refractivity contribution in [1.82, 2.24) is 4.31 Å². The van der Waals surface area contributed by atoms with Crippen molar-refractivity contribution in [3.8, 4) is 0 Å². The van der Waals surface area contributed by atoms with E-state index in [9.17, 15) is 8.42 Å². The van der Waals surface area contributed by atoms with Gasteiger partial charge in [-0.1, -0.05) is 24.3 Å². The Labute approximate surface area is 120 Å². The molecule has 0 aliphatic carbocycles. The molecule has 0 amide bonds. The van der Waals surface area contributed by atoms with Gasteiger partial charge in [0.25, 0.3) is 0 Å². The van der Waals surface area contributed by atoms with E-state index in [1.165, 1.54) is 11.1 Å². The van der Waals surface area contributed by atoms with Crippen LogP contribution in [-0.2, 0) is 10.0 Å². The van der Waals surface area contributed by atoms with Crippen molar-refractivity contribution in [1.29, 1.82) is 0 Å². The first-order valence-corrected chi connectivity index (χ1v) is 9.35. The number of hydrogen-bond donors (Lipinski definition) is 0. The van der Waals surface area contributed by atoms with Gasteiger partial charge in [0.2, 0.25) is 10.0 Å². The Bertz CT molecular complexity index is 528. The van der Waals surface area contributed by atoms with E-state index in [0.717, 1.165) is 12.2 Å². The second-order valence-corrected chi connectivity index (χ2v) is 8.37. The van der Waals surface area contributed by atoms with Gasteiger partial charge in [-0.3, -0.25) is 0 Å². The monoisotopic (exact) mass is 299 g/mol. The average molecular weight is 299 g/mol. The average Bonchev–Trinajstić information content (AvgIpc) is 2.65. The van der Waals surface area contributed by atoms with Crippen LogP contribution in [0, 0.1) is 6.92 Å². The van der Waals surface area contributed by atoms with E-state index in [0.29, 0.717) is 18.3 Å². The number of hydrogen-bond acceptors (Lipinski definition) is 3. The summed E-state index contributed by atoms with van der Waals surface area (Å²) in [5.74, 6) is 1.07. The lowest BCUT2D eigenvalue weighted by Crippen LogP contribution is -2.34. The summed E-state index contributed by atoms with van der Waals surface area (Å²) < 4.78 is 25.5. The Kier molecular flexibility index (Phi) is 4.92. The summed E-state index contributed by atoms with van der Waals surface area (Å²) in [5, 5.41) is 0.415. The van der Waals surface area contributed by atoms with Crippen LogP contribution >= 0.6 is 11.8 Å². The fraction of sp³-hybridized carbons (Fsp3) is 0.571. The molecular formula is C14H21NO2S2. The van der Waals surface area contributed by atoms with E-state index in [-0.39, 0.29) is 5.75 Å². The van der Waals surface area contributed by atoms with Crippen LogP contribution in [0.25, 0.3) is 0 Å². The van der Waals surface area contributed by atoms with Gasteiger partial charge in [0.05, 0.1) is 5.75 Å². The van der Waals surface area contributed by atoms with Crippen LogP contribution in [0.3, 0.4) is 0 Å². The lowest BCUT2D eigenvalue weighted by molar-refractivity contribution is 0.429. The predicted octanol–water partition coefficient (Wildman–Crippen LogP) is 2.82. The number of rotatable bonds is 3. The van der Waals surface area contributed by atoms with Gasteiger partial charge >= 0.3 is 0 Å². The summed E-state index contributed by atoms with van der Waals surface area (Å²) in [4.78, 5) is 0. The highest BCUT2D eigenvalue weighted by Gasteiger charge is 2.25. The van der Waals surface area contributed by atoms with Gasteiger partial charge in [-0.15, -0.1) is 0 Å². The number of thioether (sulfide) groups is 1. The lowest BCUT2D eigenvalue weighted by Gasteiger charge is -2.19. The molecule has 106 valence electrons. The van der Waals surface area contributed by atoms with Crippen LogP contribution in [0.5, 0.6) is 0 Å². The highest BCUT2D eigenvalue weighted by molar-refractivity contribution is 7.99. The van der Waals surface area contributed by atoms with E-state index >= 15 is 0 Å². The number of sulfonamides is 1. The van der Waals surface area contributed by atoms with Gasteiger partial charge in [-0.05, 0) is 31.4 Å². The molecule has 1 aliphatic rings. The minimum Gasteiger partial charge on any atom is -0.212 e. The quantitative estimate of drug-likeness (QED) is 0.861. The van der Waals surface area contributed by atoms with Gasteiger partial charge in [0.1, 0.15) is 0 Å². The van der Waals surface area contributed by atoms with Gasteiger partial charge in [-0.2, -0.15) is 11.8 Å². The molecule has 1 saturated heterocycles. The molecule has 0 aromatic heterocycles. The van der Waals surface area contributed by atoms with Crippen LogP contribution in [0.4, 0.5) is 0 Å². The molecule has 1 atom stereocenters.